The predicted molar refractivity (Wildman–Crippen MR) is 159 cm³/mol. The molecule has 3 amide bonds. The quantitative estimate of drug-likeness (QED) is 0.152. The number of aromatic nitrogens is 1. The van der Waals surface area contributed by atoms with Gasteiger partial charge in [0.2, 0.25) is 5.91 Å². The first-order valence-electron chi connectivity index (χ1n) is 14.0. The fourth-order valence-corrected chi connectivity index (χ4v) is 4.62. The summed E-state index contributed by atoms with van der Waals surface area (Å²) in [5.74, 6) is -2.46. The summed E-state index contributed by atoms with van der Waals surface area (Å²) in [6.07, 6.45) is 0.960. The van der Waals surface area contributed by atoms with Crippen LogP contribution in [0.1, 0.15) is 22.3 Å². The molecule has 15 nitrogen and oxygen atoms in total. The minimum absolute atomic E-state index is 0.0867. The molecule has 236 valence electrons. The Bertz CT molecular complexity index is 1490. The second-order valence-corrected chi connectivity index (χ2v) is 10.1. The first kappa shape index (κ1) is 32.3. The summed E-state index contributed by atoms with van der Waals surface area (Å²) >= 11 is 0. The van der Waals surface area contributed by atoms with Gasteiger partial charge in [-0.05, 0) is 30.2 Å². The normalized spacial score (nSPS) is 16.3. The van der Waals surface area contributed by atoms with Crippen LogP contribution < -0.4 is 16.0 Å². The molecule has 0 bridgehead atoms. The van der Waals surface area contributed by atoms with Gasteiger partial charge in [-0.15, -0.1) is 0 Å². The highest BCUT2D eigenvalue weighted by atomic mass is 16.6. The molecular formula is C30H32N6O9. The van der Waals surface area contributed by atoms with E-state index < -0.39 is 59.8 Å². The smallest absolute Gasteiger partial charge is 0.410 e. The summed E-state index contributed by atoms with van der Waals surface area (Å²) in [6.45, 7) is -0.350. The Labute approximate surface area is 257 Å². The SMILES string of the molecule is O=C(COC1CC(CNc2ccccn2)N(C(=O)OCc2ccccc2)C1)NCC(NC(=O)c1ccccc1[N+](=O)[O-])C(=O)O. The standard InChI is InChI=1S/C30H32N6O9/c37-27(33-16-24(29(39)40)34-28(38)23-10-4-5-11-25(23)36(42)43)19-44-22-14-21(15-32-26-12-6-7-13-31-26)35(17-22)30(41)45-18-20-8-2-1-3-9-20/h1-13,21-22,24H,14-19H2,(H,31,32)(H,33,37)(H,34,38)(H,39,40). The number of anilines is 1. The van der Waals surface area contributed by atoms with E-state index in [0.717, 1.165) is 11.6 Å². The van der Waals surface area contributed by atoms with Crippen LogP contribution in [0.2, 0.25) is 0 Å². The molecule has 0 radical (unpaired) electrons. The molecule has 3 aromatic rings. The van der Waals surface area contributed by atoms with Gasteiger partial charge in [-0.1, -0.05) is 48.5 Å². The maximum Gasteiger partial charge on any atom is 0.410 e. The van der Waals surface area contributed by atoms with E-state index in [1.54, 1.807) is 18.3 Å². The molecule has 1 saturated heterocycles. The van der Waals surface area contributed by atoms with E-state index in [1.807, 2.05) is 36.4 Å². The summed E-state index contributed by atoms with van der Waals surface area (Å²) < 4.78 is 11.3. The number of nitrogens with one attached hydrogen (secondary N) is 3. The van der Waals surface area contributed by atoms with Crippen LogP contribution in [0.5, 0.6) is 0 Å². The van der Waals surface area contributed by atoms with Crippen LogP contribution in [0.3, 0.4) is 0 Å². The number of para-hydroxylation sites is 1. The third kappa shape index (κ3) is 9.46. The number of hydrogen-bond donors (Lipinski definition) is 4. The summed E-state index contributed by atoms with van der Waals surface area (Å²) in [4.78, 5) is 66.0. The molecule has 1 fully saturated rings. The zero-order valence-electron chi connectivity index (χ0n) is 24.0. The van der Waals surface area contributed by atoms with Crippen LogP contribution in [0, 0.1) is 10.1 Å². The summed E-state index contributed by atoms with van der Waals surface area (Å²) in [7, 11) is 0. The zero-order valence-corrected chi connectivity index (χ0v) is 24.0. The van der Waals surface area contributed by atoms with Crippen molar-refractivity contribution in [2.45, 2.75) is 31.2 Å². The molecule has 4 N–H and O–H groups in total. The molecule has 3 unspecified atom stereocenters. The van der Waals surface area contributed by atoms with Crippen molar-refractivity contribution in [3.63, 3.8) is 0 Å². The lowest BCUT2D eigenvalue weighted by atomic mass is 10.1. The molecule has 4 rings (SSSR count). The molecule has 2 heterocycles. The molecule has 1 aromatic heterocycles. The highest BCUT2D eigenvalue weighted by Gasteiger charge is 2.37. The second-order valence-electron chi connectivity index (χ2n) is 10.1. The first-order chi connectivity index (χ1) is 21.7. The van der Waals surface area contributed by atoms with Crippen LogP contribution >= 0.6 is 0 Å². The molecule has 0 spiro atoms. The number of hydrogen-bond acceptors (Lipinski definition) is 10. The molecule has 45 heavy (non-hydrogen) atoms. The van der Waals surface area contributed by atoms with Crippen LogP contribution in [-0.4, -0.2) is 88.2 Å². The average molecular weight is 621 g/mol. The van der Waals surface area contributed by atoms with Crippen molar-refractivity contribution in [1.29, 1.82) is 0 Å². The Balaban J connectivity index is 1.30. The molecule has 0 aliphatic carbocycles. The average Bonchev–Trinajstić information content (AvgIpc) is 3.47. The number of amides is 3. The van der Waals surface area contributed by atoms with Gasteiger partial charge in [0.25, 0.3) is 11.6 Å². The van der Waals surface area contributed by atoms with Gasteiger partial charge < -0.3 is 35.4 Å². The Morgan fingerprint density at radius 3 is 2.49 bits per heavy atom. The van der Waals surface area contributed by atoms with Crippen molar-refractivity contribution < 1.29 is 38.7 Å². The highest BCUT2D eigenvalue weighted by Crippen LogP contribution is 2.23. The molecule has 0 saturated carbocycles. The zero-order chi connectivity index (χ0) is 32.2. The fourth-order valence-electron chi connectivity index (χ4n) is 4.62. The number of ether oxygens (including phenoxy) is 2. The number of carbonyl (C=O) groups is 4. The third-order valence-electron chi connectivity index (χ3n) is 6.90. The van der Waals surface area contributed by atoms with Crippen LogP contribution in [0.25, 0.3) is 0 Å². The number of rotatable bonds is 14. The molecule has 1 aliphatic rings. The lowest BCUT2D eigenvalue weighted by Gasteiger charge is -2.24. The van der Waals surface area contributed by atoms with Crippen molar-refractivity contribution in [2.75, 3.05) is 31.6 Å². The number of pyridine rings is 1. The largest absolute Gasteiger partial charge is 0.480 e. The minimum atomic E-state index is -1.57. The number of carboxylic acid groups (broad SMARTS) is 1. The van der Waals surface area contributed by atoms with Gasteiger partial charge in [-0.25, -0.2) is 14.6 Å². The van der Waals surface area contributed by atoms with E-state index in [1.165, 1.54) is 23.1 Å². The fraction of sp³-hybridized carbons (Fsp3) is 0.300. The second kappa shape index (κ2) is 15.8. The van der Waals surface area contributed by atoms with Crippen molar-refractivity contribution in [1.82, 2.24) is 20.5 Å². The summed E-state index contributed by atoms with van der Waals surface area (Å²) in [5.41, 5.74) is 0.0266. The van der Waals surface area contributed by atoms with Crippen LogP contribution in [-0.2, 0) is 25.7 Å². The van der Waals surface area contributed by atoms with E-state index >= 15 is 0 Å². The molecule has 2 aromatic carbocycles. The van der Waals surface area contributed by atoms with E-state index in [4.69, 9.17) is 9.47 Å². The van der Waals surface area contributed by atoms with Crippen molar-refractivity contribution in [3.8, 4) is 0 Å². The number of likely N-dealkylation sites (tertiary alicyclic amines) is 1. The number of carbonyl (C=O) groups excluding carboxylic acids is 3. The van der Waals surface area contributed by atoms with E-state index in [2.05, 4.69) is 20.9 Å². The lowest BCUT2D eigenvalue weighted by Crippen LogP contribution is -2.49. The monoisotopic (exact) mass is 620 g/mol. The van der Waals surface area contributed by atoms with Gasteiger partial charge in [-0.3, -0.25) is 19.7 Å². The maximum absolute atomic E-state index is 13.0. The van der Waals surface area contributed by atoms with Gasteiger partial charge in [0, 0.05) is 25.4 Å². The van der Waals surface area contributed by atoms with Crippen molar-refractivity contribution >= 4 is 35.4 Å². The Kier molecular flexibility index (Phi) is 11.3. The van der Waals surface area contributed by atoms with Gasteiger partial charge in [0.15, 0.2) is 0 Å². The Morgan fingerprint density at radius 2 is 1.78 bits per heavy atom. The molecular weight excluding hydrogens is 588 g/mol. The third-order valence-corrected chi connectivity index (χ3v) is 6.90. The summed E-state index contributed by atoms with van der Waals surface area (Å²) in [6, 6.07) is 17.8. The van der Waals surface area contributed by atoms with Crippen LogP contribution in [0.15, 0.2) is 79.0 Å². The number of carboxylic acids is 1. The minimum Gasteiger partial charge on any atom is -0.480 e. The van der Waals surface area contributed by atoms with Crippen LogP contribution in [0.4, 0.5) is 16.3 Å². The number of nitrogens with zero attached hydrogens (tertiary/aromatic N) is 3. The molecule has 15 heteroatoms. The maximum atomic E-state index is 13.0. The number of nitro benzene ring substituents is 1. The Hall–Kier alpha value is -5.57. The van der Waals surface area contributed by atoms with Crippen molar-refractivity contribution in [2.24, 2.45) is 0 Å². The molecule has 1 aliphatic heterocycles. The summed E-state index contributed by atoms with van der Waals surface area (Å²) in [5, 5.41) is 28.5. The van der Waals surface area contributed by atoms with E-state index in [9.17, 15) is 34.4 Å². The van der Waals surface area contributed by atoms with Gasteiger partial charge in [-0.2, -0.15) is 0 Å². The number of benzene rings is 2. The number of aliphatic carboxylic acids is 1. The lowest BCUT2D eigenvalue weighted by molar-refractivity contribution is -0.385. The van der Waals surface area contributed by atoms with Crippen molar-refractivity contribution in [3.05, 3.63) is 100 Å². The number of nitro groups is 1. The van der Waals surface area contributed by atoms with Gasteiger partial charge in [0.1, 0.15) is 30.6 Å². The Morgan fingerprint density at radius 1 is 1.04 bits per heavy atom. The topological polar surface area (TPSA) is 202 Å². The van der Waals surface area contributed by atoms with Gasteiger partial charge >= 0.3 is 12.1 Å². The molecule has 3 atom stereocenters. The first-order valence-corrected chi connectivity index (χ1v) is 14.0. The predicted octanol–water partition coefficient (Wildman–Crippen LogP) is 2.20. The van der Waals surface area contributed by atoms with Gasteiger partial charge in [0.05, 0.1) is 23.6 Å². The highest BCUT2D eigenvalue weighted by molar-refractivity contribution is 6.00. The van der Waals surface area contributed by atoms with E-state index in [0.29, 0.717) is 18.8 Å². The van der Waals surface area contributed by atoms with E-state index in [-0.39, 0.29) is 24.8 Å².